The van der Waals surface area contributed by atoms with Gasteiger partial charge in [0.25, 0.3) is 5.91 Å². The van der Waals surface area contributed by atoms with E-state index < -0.39 is 23.5 Å². The highest BCUT2D eigenvalue weighted by molar-refractivity contribution is 5.97. The molecule has 0 radical (unpaired) electrons. The van der Waals surface area contributed by atoms with Crippen LogP contribution in [0.15, 0.2) is 66.9 Å². The number of pyridine rings is 1. The number of hydrogen-bond donors (Lipinski definition) is 2. The SMILES string of the molecule is CN(C(=O)c1ccnc(CNC(=O)OCC2c3ccccc3-c3ccccc32)c1)C(C)(C)C(=O)O. The van der Waals surface area contributed by atoms with Crippen molar-refractivity contribution in [3.05, 3.63) is 89.2 Å². The normalized spacial score (nSPS) is 12.4. The molecule has 1 aliphatic rings. The number of carboxylic acids is 1. The molecule has 1 aliphatic carbocycles. The van der Waals surface area contributed by atoms with Crippen LogP contribution in [-0.4, -0.2) is 52.2 Å². The second-order valence-corrected chi connectivity index (χ2v) is 8.94. The second kappa shape index (κ2) is 9.58. The van der Waals surface area contributed by atoms with E-state index in [0.29, 0.717) is 5.69 Å². The Hall–Kier alpha value is -4.20. The van der Waals surface area contributed by atoms with Gasteiger partial charge in [-0.15, -0.1) is 0 Å². The molecule has 2 amide bonds. The average molecular weight is 474 g/mol. The van der Waals surface area contributed by atoms with E-state index in [1.54, 1.807) is 0 Å². The van der Waals surface area contributed by atoms with Crippen LogP contribution in [0.1, 0.15) is 46.9 Å². The monoisotopic (exact) mass is 473 g/mol. The molecule has 0 unspecified atom stereocenters. The fourth-order valence-corrected chi connectivity index (χ4v) is 4.11. The van der Waals surface area contributed by atoms with Crippen molar-refractivity contribution in [1.29, 1.82) is 0 Å². The molecule has 2 aromatic carbocycles. The Kier molecular flexibility index (Phi) is 6.55. The number of nitrogens with zero attached hydrogens (tertiary/aromatic N) is 2. The number of alkyl carbamates (subject to hydrolysis) is 1. The largest absolute Gasteiger partial charge is 0.480 e. The van der Waals surface area contributed by atoms with Crippen LogP contribution in [0.4, 0.5) is 4.79 Å². The summed E-state index contributed by atoms with van der Waals surface area (Å²) >= 11 is 0. The number of amides is 2. The number of hydrogen-bond acceptors (Lipinski definition) is 5. The Morgan fingerprint density at radius 1 is 1.03 bits per heavy atom. The van der Waals surface area contributed by atoms with Gasteiger partial charge in [0, 0.05) is 24.7 Å². The molecule has 35 heavy (non-hydrogen) atoms. The average Bonchev–Trinajstić information content (AvgIpc) is 3.19. The van der Waals surface area contributed by atoms with Crippen molar-refractivity contribution >= 4 is 18.0 Å². The maximum absolute atomic E-state index is 12.8. The first-order valence-electron chi connectivity index (χ1n) is 11.3. The van der Waals surface area contributed by atoms with E-state index in [1.165, 1.54) is 39.2 Å². The minimum absolute atomic E-state index is 0.0413. The van der Waals surface area contributed by atoms with E-state index in [-0.39, 0.29) is 24.6 Å². The molecule has 0 atom stereocenters. The van der Waals surface area contributed by atoms with Crippen molar-refractivity contribution < 1.29 is 24.2 Å². The third-order valence-electron chi connectivity index (χ3n) is 6.49. The molecule has 0 spiro atoms. The van der Waals surface area contributed by atoms with Gasteiger partial charge >= 0.3 is 12.1 Å². The second-order valence-electron chi connectivity index (χ2n) is 8.94. The first kappa shape index (κ1) is 23.9. The highest BCUT2D eigenvalue weighted by Gasteiger charge is 2.35. The highest BCUT2D eigenvalue weighted by atomic mass is 16.5. The highest BCUT2D eigenvalue weighted by Crippen LogP contribution is 2.44. The molecule has 4 rings (SSSR count). The van der Waals surface area contributed by atoms with Gasteiger partial charge < -0.3 is 20.1 Å². The van der Waals surface area contributed by atoms with Crippen molar-refractivity contribution in [2.24, 2.45) is 0 Å². The Bertz CT molecular complexity index is 1240. The number of benzene rings is 2. The predicted octanol–water partition coefficient (Wildman–Crippen LogP) is 4.06. The number of rotatable bonds is 7. The van der Waals surface area contributed by atoms with Gasteiger partial charge in [-0.05, 0) is 48.2 Å². The molecule has 3 aromatic rings. The van der Waals surface area contributed by atoms with Gasteiger partial charge in [0.15, 0.2) is 0 Å². The lowest BCUT2D eigenvalue weighted by Gasteiger charge is -2.31. The summed E-state index contributed by atoms with van der Waals surface area (Å²) in [6, 6.07) is 19.2. The molecule has 180 valence electrons. The number of nitrogens with one attached hydrogen (secondary N) is 1. The maximum atomic E-state index is 12.8. The Morgan fingerprint density at radius 2 is 1.63 bits per heavy atom. The van der Waals surface area contributed by atoms with Gasteiger partial charge in [-0.1, -0.05) is 48.5 Å². The summed E-state index contributed by atoms with van der Waals surface area (Å²) < 4.78 is 5.53. The number of aromatic nitrogens is 1. The zero-order valence-corrected chi connectivity index (χ0v) is 19.8. The lowest BCUT2D eigenvalue weighted by Crippen LogP contribution is -2.50. The molecule has 2 N–H and O–H groups in total. The van der Waals surface area contributed by atoms with Gasteiger partial charge in [0.05, 0.1) is 12.2 Å². The van der Waals surface area contributed by atoms with Crippen molar-refractivity contribution in [1.82, 2.24) is 15.2 Å². The lowest BCUT2D eigenvalue weighted by atomic mass is 9.98. The van der Waals surface area contributed by atoms with Gasteiger partial charge in [0.1, 0.15) is 12.1 Å². The molecule has 1 heterocycles. The Labute approximate surface area is 203 Å². The third-order valence-corrected chi connectivity index (χ3v) is 6.49. The first-order valence-corrected chi connectivity index (χ1v) is 11.3. The number of aliphatic carboxylic acids is 1. The molecule has 0 saturated carbocycles. The zero-order chi connectivity index (χ0) is 25.2. The van der Waals surface area contributed by atoms with Crippen LogP contribution >= 0.6 is 0 Å². The fourth-order valence-electron chi connectivity index (χ4n) is 4.11. The topological polar surface area (TPSA) is 109 Å². The molecular formula is C27H27N3O5. The van der Waals surface area contributed by atoms with Crippen molar-refractivity contribution in [2.45, 2.75) is 31.8 Å². The van der Waals surface area contributed by atoms with Gasteiger partial charge in [-0.3, -0.25) is 9.78 Å². The van der Waals surface area contributed by atoms with E-state index >= 15 is 0 Å². The summed E-state index contributed by atoms with van der Waals surface area (Å²) in [7, 11) is 1.44. The summed E-state index contributed by atoms with van der Waals surface area (Å²) in [5, 5.41) is 12.0. The Morgan fingerprint density at radius 3 is 2.23 bits per heavy atom. The van der Waals surface area contributed by atoms with Gasteiger partial charge in [-0.25, -0.2) is 9.59 Å². The molecule has 1 aromatic heterocycles. The van der Waals surface area contributed by atoms with Gasteiger partial charge in [-0.2, -0.15) is 0 Å². The molecule has 0 saturated heterocycles. The molecule has 8 heteroatoms. The number of likely N-dealkylation sites (N-methyl/N-ethyl adjacent to an activating group) is 1. The minimum atomic E-state index is -1.37. The van der Waals surface area contributed by atoms with E-state index in [0.717, 1.165) is 27.2 Å². The van der Waals surface area contributed by atoms with E-state index in [1.807, 2.05) is 24.3 Å². The van der Waals surface area contributed by atoms with E-state index in [2.05, 4.69) is 34.6 Å². The first-order chi connectivity index (χ1) is 16.7. The smallest absolute Gasteiger partial charge is 0.407 e. The quantitative estimate of drug-likeness (QED) is 0.536. The van der Waals surface area contributed by atoms with Crippen LogP contribution in [-0.2, 0) is 16.1 Å². The maximum Gasteiger partial charge on any atom is 0.407 e. The number of carboxylic acid groups (broad SMARTS) is 1. The third kappa shape index (κ3) is 4.73. The standard InChI is InChI=1S/C27H27N3O5/c1-27(2,25(32)33)30(3)24(31)17-12-13-28-18(14-17)15-29-26(34)35-16-23-21-10-6-4-8-19(21)20-9-5-7-11-22(20)23/h4-14,23H,15-16H2,1-3H3,(H,29,34)(H,32,33). The van der Waals surface area contributed by atoms with E-state index in [4.69, 9.17) is 4.74 Å². The summed E-state index contributed by atoms with van der Waals surface area (Å²) in [6.45, 7) is 3.16. The number of ether oxygens (including phenoxy) is 1. The molecule has 8 nitrogen and oxygen atoms in total. The van der Waals surface area contributed by atoms with Crippen molar-refractivity contribution in [2.75, 3.05) is 13.7 Å². The zero-order valence-electron chi connectivity index (χ0n) is 19.8. The predicted molar refractivity (Wildman–Crippen MR) is 130 cm³/mol. The Balaban J connectivity index is 1.37. The van der Waals surface area contributed by atoms with Crippen LogP contribution < -0.4 is 5.32 Å². The fraction of sp³-hybridized carbons (Fsp3) is 0.259. The number of fused-ring (bicyclic) bond motifs is 3. The summed E-state index contributed by atoms with van der Waals surface area (Å²) in [6.07, 6.45) is 0.860. The molecule has 0 bridgehead atoms. The van der Waals surface area contributed by atoms with E-state index in [9.17, 15) is 19.5 Å². The number of carbonyl (C=O) groups excluding carboxylic acids is 2. The number of carbonyl (C=O) groups is 3. The van der Waals surface area contributed by atoms with Crippen molar-refractivity contribution in [3.63, 3.8) is 0 Å². The van der Waals surface area contributed by atoms with Crippen LogP contribution in [0.2, 0.25) is 0 Å². The van der Waals surface area contributed by atoms with Gasteiger partial charge in [0.2, 0.25) is 0 Å². The molecule has 0 aliphatic heterocycles. The van der Waals surface area contributed by atoms with Crippen LogP contribution in [0.5, 0.6) is 0 Å². The molecular weight excluding hydrogens is 446 g/mol. The summed E-state index contributed by atoms with van der Waals surface area (Å²) in [5.41, 5.74) is 3.91. The van der Waals surface area contributed by atoms with Crippen LogP contribution in [0.3, 0.4) is 0 Å². The summed E-state index contributed by atoms with van der Waals surface area (Å²) in [5.74, 6) is -1.61. The summed E-state index contributed by atoms with van der Waals surface area (Å²) in [4.78, 5) is 42.0. The van der Waals surface area contributed by atoms with Crippen LogP contribution in [0, 0.1) is 0 Å². The van der Waals surface area contributed by atoms with Crippen LogP contribution in [0.25, 0.3) is 11.1 Å². The minimum Gasteiger partial charge on any atom is -0.480 e. The molecule has 0 fully saturated rings. The lowest BCUT2D eigenvalue weighted by molar-refractivity contribution is -0.147. The van der Waals surface area contributed by atoms with Crippen molar-refractivity contribution in [3.8, 4) is 11.1 Å².